The summed E-state index contributed by atoms with van der Waals surface area (Å²) in [5, 5.41) is 8.76. The SMILES string of the molecule is C[C@@H](C(=O)O)N1C=CCC[C@H](N)C1=O. The van der Waals surface area contributed by atoms with E-state index in [0.29, 0.717) is 12.8 Å². The summed E-state index contributed by atoms with van der Waals surface area (Å²) in [5.41, 5.74) is 5.58. The fourth-order valence-corrected chi connectivity index (χ4v) is 1.29. The van der Waals surface area contributed by atoms with Crippen LogP contribution < -0.4 is 5.73 Å². The average molecular weight is 198 g/mol. The lowest BCUT2D eigenvalue weighted by molar-refractivity contribution is -0.147. The van der Waals surface area contributed by atoms with E-state index in [9.17, 15) is 9.59 Å². The lowest BCUT2D eigenvalue weighted by Crippen LogP contribution is -2.46. The number of allylic oxidation sites excluding steroid dienone is 1. The molecule has 1 amide bonds. The highest BCUT2D eigenvalue weighted by Gasteiger charge is 2.28. The lowest BCUT2D eigenvalue weighted by atomic mass is 10.1. The number of nitrogens with two attached hydrogens (primary N) is 1. The van der Waals surface area contributed by atoms with Crippen LogP contribution in [0.4, 0.5) is 0 Å². The van der Waals surface area contributed by atoms with Gasteiger partial charge in [-0.25, -0.2) is 4.79 Å². The Labute approximate surface area is 82.2 Å². The molecule has 14 heavy (non-hydrogen) atoms. The lowest BCUT2D eigenvalue weighted by Gasteiger charge is -2.23. The predicted octanol–water partition coefficient (Wildman–Crippen LogP) is -0.0771. The molecule has 0 saturated carbocycles. The van der Waals surface area contributed by atoms with Crippen LogP contribution in [0.15, 0.2) is 12.3 Å². The van der Waals surface area contributed by atoms with E-state index < -0.39 is 18.1 Å². The molecule has 0 unspecified atom stereocenters. The van der Waals surface area contributed by atoms with Gasteiger partial charge >= 0.3 is 5.97 Å². The molecular weight excluding hydrogens is 184 g/mol. The molecule has 0 aromatic heterocycles. The van der Waals surface area contributed by atoms with Crippen molar-refractivity contribution in [2.75, 3.05) is 0 Å². The molecule has 1 aliphatic heterocycles. The van der Waals surface area contributed by atoms with Gasteiger partial charge in [0.1, 0.15) is 6.04 Å². The number of amides is 1. The number of carbonyl (C=O) groups excluding carboxylic acids is 1. The van der Waals surface area contributed by atoms with Gasteiger partial charge in [-0.1, -0.05) is 6.08 Å². The first kappa shape index (κ1) is 10.7. The molecule has 0 fully saturated rings. The number of hydrogen-bond donors (Lipinski definition) is 2. The van der Waals surface area contributed by atoms with Gasteiger partial charge in [0.25, 0.3) is 0 Å². The van der Waals surface area contributed by atoms with Crippen LogP contribution in [0.25, 0.3) is 0 Å². The monoisotopic (exact) mass is 198 g/mol. The van der Waals surface area contributed by atoms with Crippen LogP contribution in [0.5, 0.6) is 0 Å². The van der Waals surface area contributed by atoms with Crippen LogP contribution in [0, 0.1) is 0 Å². The zero-order chi connectivity index (χ0) is 10.7. The second-order valence-corrected chi connectivity index (χ2v) is 3.33. The summed E-state index contributed by atoms with van der Waals surface area (Å²) >= 11 is 0. The number of nitrogens with zero attached hydrogens (tertiary/aromatic N) is 1. The van der Waals surface area contributed by atoms with Crippen molar-refractivity contribution in [3.63, 3.8) is 0 Å². The first-order chi connectivity index (χ1) is 6.54. The van der Waals surface area contributed by atoms with Gasteiger partial charge < -0.3 is 15.7 Å². The Morgan fingerprint density at radius 3 is 3.00 bits per heavy atom. The molecule has 0 spiro atoms. The highest BCUT2D eigenvalue weighted by atomic mass is 16.4. The Balaban J connectivity index is 2.83. The van der Waals surface area contributed by atoms with E-state index in [-0.39, 0.29) is 5.91 Å². The first-order valence-corrected chi connectivity index (χ1v) is 4.51. The molecule has 0 saturated heterocycles. The van der Waals surface area contributed by atoms with Crippen molar-refractivity contribution in [1.82, 2.24) is 4.90 Å². The third-order valence-corrected chi connectivity index (χ3v) is 2.26. The van der Waals surface area contributed by atoms with Gasteiger partial charge in [0, 0.05) is 6.20 Å². The second kappa shape index (κ2) is 4.23. The molecule has 0 aliphatic carbocycles. The highest BCUT2D eigenvalue weighted by molar-refractivity contribution is 5.87. The standard InChI is InChI=1S/C9H14N2O3/c1-6(9(13)14)11-5-3-2-4-7(10)8(11)12/h3,5-7H,2,4,10H2,1H3,(H,13,14)/t6-,7-/m0/s1. The van der Waals surface area contributed by atoms with Gasteiger partial charge in [-0.3, -0.25) is 4.79 Å². The van der Waals surface area contributed by atoms with Crippen molar-refractivity contribution in [1.29, 1.82) is 0 Å². The van der Waals surface area contributed by atoms with E-state index in [1.807, 2.05) is 0 Å². The molecule has 0 bridgehead atoms. The van der Waals surface area contributed by atoms with Crippen LogP contribution in [-0.2, 0) is 9.59 Å². The largest absolute Gasteiger partial charge is 0.480 e. The number of carboxylic acid groups (broad SMARTS) is 1. The van der Waals surface area contributed by atoms with Gasteiger partial charge in [-0.2, -0.15) is 0 Å². The molecule has 2 atom stereocenters. The van der Waals surface area contributed by atoms with Crippen molar-refractivity contribution in [3.05, 3.63) is 12.3 Å². The minimum Gasteiger partial charge on any atom is -0.480 e. The maximum absolute atomic E-state index is 11.6. The van der Waals surface area contributed by atoms with Crippen molar-refractivity contribution in [3.8, 4) is 0 Å². The molecule has 1 rings (SSSR count). The Kier molecular flexibility index (Phi) is 3.24. The Morgan fingerprint density at radius 2 is 2.43 bits per heavy atom. The Morgan fingerprint density at radius 1 is 1.79 bits per heavy atom. The molecule has 1 heterocycles. The first-order valence-electron chi connectivity index (χ1n) is 4.51. The molecule has 1 aliphatic rings. The Hall–Kier alpha value is -1.36. The van der Waals surface area contributed by atoms with Crippen molar-refractivity contribution in [2.24, 2.45) is 5.73 Å². The van der Waals surface area contributed by atoms with Crippen LogP contribution in [0.1, 0.15) is 19.8 Å². The quantitative estimate of drug-likeness (QED) is 0.650. The van der Waals surface area contributed by atoms with E-state index >= 15 is 0 Å². The van der Waals surface area contributed by atoms with Crippen LogP contribution in [0.2, 0.25) is 0 Å². The minimum atomic E-state index is -1.03. The van der Waals surface area contributed by atoms with Gasteiger partial charge in [0.2, 0.25) is 5.91 Å². The fourth-order valence-electron chi connectivity index (χ4n) is 1.29. The third-order valence-electron chi connectivity index (χ3n) is 2.26. The van der Waals surface area contributed by atoms with Gasteiger partial charge in [-0.05, 0) is 19.8 Å². The smallest absolute Gasteiger partial charge is 0.326 e. The van der Waals surface area contributed by atoms with E-state index in [1.54, 1.807) is 6.08 Å². The van der Waals surface area contributed by atoms with Crippen LogP contribution in [0.3, 0.4) is 0 Å². The molecule has 5 heteroatoms. The van der Waals surface area contributed by atoms with Gasteiger partial charge in [-0.15, -0.1) is 0 Å². The summed E-state index contributed by atoms with van der Waals surface area (Å²) in [6.07, 6.45) is 4.55. The minimum absolute atomic E-state index is 0.325. The second-order valence-electron chi connectivity index (χ2n) is 3.33. The number of carbonyl (C=O) groups is 2. The molecule has 5 nitrogen and oxygen atoms in total. The summed E-state index contributed by atoms with van der Waals surface area (Å²) in [6, 6.07) is -1.45. The predicted molar refractivity (Wildman–Crippen MR) is 50.3 cm³/mol. The third kappa shape index (κ3) is 2.11. The van der Waals surface area contributed by atoms with Gasteiger partial charge in [0.15, 0.2) is 0 Å². The van der Waals surface area contributed by atoms with E-state index in [2.05, 4.69) is 0 Å². The van der Waals surface area contributed by atoms with E-state index in [0.717, 1.165) is 0 Å². The van der Waals surface area contributed by atoms with E-state index in [4.69, 9.17) is 10.8 Å². The van der Waals surface area contributed by atoms with Crippen LogP contribution >= 0.6 is 0 Å². The topological polar surface area (TPSA) is 83.6 Å². The zero-order valence-corrected chi connectivity index (χ0v) is 8.01. The number of rotatable bonds is 2. The molecular formula is C9H14N2O3. The van der Waals surface area contributed by atoms with Crippen LogP contribution in [-0.4, -0.2) is 34.0 Å². The van der Waals surface area contributed by atoms with Crippen molar-refractivity contribution >= 4 is 11.9 Å². The summed E-state index contributed by atoms with van der Waals surface area (Å²) in [4.78, 5) is 23.5. The highest BCUT2D eigenvalue weighted by Crippen LogP contribution is 2.11. The summed E-state index contributed by atoms with van der Waals surface area (Å²) in [5.74, 6) is -1.36. The number of carboxylic acids is 1. The zero-order valence-electron chi connectivity index (χ0n) is 8.01. The molecule has 0 radical (unpaired) electrons. The van der Waals surface area contributed by atoms with Crippen molar-refractivity contribution < 1.29 is 14.7 Å². The normalized spacial score (nSPS) is 24.6. The van der Waals surface area contributed by atoms with E-state index in [1.165, 1.54) is 18.0 Å². The summed E-state index contributed by atoms with van der Waals surface area (Å²) in [6.45, 7) is 1.46. The van der Waals surface area contributed by atoms with Gasteiger partial charge in [0.05, 0.1) is 6.04 Å². The maximum atomic E-state index is 11.6. The fraction of sp³-hybridized carbons (Fsp3) is 0.556. The summed E-state index contributed by atoms with van der Waals surface area (Å²) < 4.78 is 0. The number of hydrogen-bond acceptors (Lipinski definition) is 3. The average Bonchev–Trinajstić information content (AvgIpc) is 2.29. The van der Waals surface area contributed by atoms with Crippen molar-refractivity contribution in [2.45, 2.75) is 31.8 Å². The summed E-state index contributed by atoms with van der Waals surface area (Å²) in [7, 11) is 0. The molecule has 0 aromatic rings. The number of aliphatic carboxylic acids is 1. The molecule has 78 valence electrons. The maximum Gasteiger partial charge on any atom is 0.326 e. The Bertz CT molecular complexity index is 275. The molecule has 3 N–H and O–H groups in total. The molecule has 0 aromatic carbocycles.